The molecule has 2 heteroatoms. The van der Waals surface area contributed by atoms with Gasteiger partial charge in [-0.05, 0) is 49.4 Å². The van der Waals surface area contributed by atoms with Gasteiger partial charge in [-0.1, -0.05) is 18.6 Å². The van der Waals surface area contributed by atoms with Crippen molar-refractivity contribution in [3.05, 3.63) is 11.6 Å². The lowest BCUT2D eigenvalue weighted by Gasteiger charge is -2.53. The van der Waals surface area contributed by atoms with Crippen LogP contribution in [0.1, 0.15) is 51.9 Å². The summed E-state index contributed by atoms with van der Waals surface area (Å²) in [7, 11) is 0. The second kappa shape index (κ2) is 4.82. The molecule has 4 aliphatic carbocycles. The summed E-state index contributed by atoms with van der Waals surface area (Å²) >= 11 is 0. The van der Waals surface area contributed by atoms with Crippen LogP contribution in [0.5, 0.6) is 0 Å². The Morgan fingerprint density at radius 2 is 2.09 bits per heavy atom. The molecule has 6 atom stereocenters. The Labute approximate surface area is 132 Å². The minimum absolute atomic E-state index is 0.186. The normalized spacial score (nSPS) is 47.1. The Bertz CT molecular complexity index is 608. The number of carbonyl (C=O) groups is 2. The van der Waals surface area contributed by atoms with Crippen LogP contribution in [0.25, 0.3) is 0 Å². The van der Waals surface area contributed by atoms with Crippen LogP contribution >= 0.6 is 0 Å². The number of rotatable bonds is 0. The number of fused-ring (bicyclic) bond motifs is 5. The van der Waals surface area contributed by atoms with Crippen molar-refractivity contribution >= 4 is 11.6 Å². The van der Waals surface area contributed by atoms with Crippen LogP contribution in [0.4, 0.5) is 0 Å². The van der Waals surface area contributed by atoms with E-state index in [9.17, 15) is 9.59 Å². The Morgan fingerprint density at radius 1 is 1.27 bits per heavy atom. The summed E-state index contributed by atoms with van der Waals surface area (Å²) < 4.78 is 0. The third-order valence-electron chi connectivity index (χ3n) is 7.20. The van der Waals surface area contributed by atoms with Crippen molar-refractivity contribution in [1.29, 1.82) is 0 Å². The van der Waals surface area contributed by atoms with Gasteiger partial charge >= 0.3 is 0 Å². The van der Waals surface area contributed by atoms with Gasteiger partial charge in [0.2, 0.25) is 0 Å². The van der Waals surface area contributed by atoms with Crippen LogP contribution in [0.2, 0.25) is 0 Å². The van der Waals surface area contributed by atoms with Gasteiger partial charge < -0.3 is 0 Å². The molecule has 2 nitrogen and oxygen atoms in total. The highest BCUT2D eigenvalue weighted by molar-refractivity contribution is 5.87. The lowest BCUT2D eigenvalue weighted by atomic mass is 9.50. The fourth-order valence-corrected chi connectivity index (χ4v) is 6.18. The first-order valence-electron chi connectivity index (χ1n) is 8.74. The highest BCUT2D eigenvalue weighted by Crippen LogP contribution is 2.61. The molecule has 0 saturated heterocycles. The third kappa shape index (κ3) is 1.81. The summed E-state index contributed by atoms with van der Waals surface area (Å²) in [5.41, 5.74) is 1.17. The maximum atomic E-state index is 12.5. The molecule has 0 aromatic rings. The summed E-state index contributed by atoms with van der Waals surface area (Å²) in [6, 6.07) is 0. The smallest absolute Gasteiger partial charge is 0.139 e. The summed E-state index contributed by atoms with van der Waals surface area (Å²) in [5, 5.41) is 0. The Balaban J connectivity index is 1.74. The lowest BCUT2D eigenvalue weighted by Crippen LogP contribution is -2.50. The Kier molecular flexibility index (Phi) is 3.12. The van der Waals surface area contributed by atoms with E-state index in [0.717, 1.165) is 32.1 Å². The van der Waals surface area contributed by atoms with Crippen LogP contribution in [0, 0.1) is 47.3 Å². The molecule has 4 aliphatic rings. The fourth-order valence-electron chi connectivity index (χ4n) is 6.18. The van der Waals surface area contributed by atoms with Crippen LogP contribution in [0.15, 0.2) is 11.6 Å². The van der Waals surface area contributed by atoms with E-state index in [0.29, 0.717) is 48.1 Å². The third-order valence-corrected chi connectivity index (χ3v) is 7.20. The molecule has 0 amide bonds. The van der Waals surface area contributed by atoms with Crippen LogP contribution in [-0.2, 0) is 9.59 Å². The standard InChI is InChI=1S/C20H24O2/c1-3-12-11-20(2)17(8-9-18(20)22)16-6-4-13-10-14(21)5-7-15(13)19(12)16/h1,4,12,15-17,19H,5-11H2,2H3/t12-,15-,16-,17-,19+,20-/m0/s1. The zero-order valence-electron chi connectivity index (χ0n) is 13.3. The van der Waals surface area contributed by atoms with E-state index in [1.807, 2.05) is 0 Å². The van der Waals surface area contributed by atoms with Crippen molar-refractivity contribution in [2.24, 2.45) is 35.0 Å². The van der Waals surface area contributed by atoms with Gasteiger partial charge in [-0.25, -0.2) is 0 Å². The fraction of sp³-hybridized carbons (Fsp3) is 0.700. The van der Waals surface area contributed by atoms with Crippen molar-refractivity contribution in [3.63, 3.8) is 0 Å². The molecule has 4 rings (SSSR count). The van der Waals surface area contributed by atoms with E-state index in [1.54, 1.807) is 0 Å². The molecule has 0 spiro atoms. The number of terminal acetylenes is 1. The quantitative estimate of drug-likeness (QED) is 0.506. The molecule has 116 valence electrons. The largest absolute Gasteiger partial charge is 0.299 e. The SMILES string of the molecule is C#C[C@H]1C[C@]2(C)C(=O)CC[C@H]2[C@@H]2CC=C3CC(=O)CC[C@@H]3[C@H]21. The topological polar surface area (TPSA) is 34.1 Å². The molecule has 0 heterocycles. The van der Waals surface area contributed by atoms with Gasteiger partial charge in [0, 0.05) is 30.6 Å². The maximum absolute atomic E-state index is 12.5. The van der Waals surface area contributed by atoms with E-state index < -0.39 is 0 Å². The molecule has 0 aromatic carbocycles. The average molecular weight is 296 g/mol. The van der Waals surface area contributed by atoms with Crippen LogP contribution < -0.4 is 0 Å². The van der Waals surface area contributed by atoms with Crippen molar-refractivity contribution < 1.29 is 9.59 Å². The predicted octanol–water partition coefficient (Wildman–Crippen LogP) is 3.56. The van der Waals surface area contributed by atoms with E-state index in [-0.39, 0.29) is 11.3 Å². The first-order chi connectivity index (χ1) is 10.5. The number of carbonyl (C=O) groups excluding carboxylic acids is 2. The van der Waals surface area contributed by atoms with Gasteiger partial charge in [-0.15, -0.1) is 12.3 Å². The molecule has 0 aliphatic heterocycles. The first-order valence-corrected chi connectivity index (χ1v) is 8.74. The number of hydrogen-bond acceptors (Lipinski definition) is 2. The highest BCUT2D eigenvalue weighted by atomic mass is 16.1. The van der Waals surface area contributed by atoms with E-state index in [2.05, 4.69) is 18.9 Å². The van der Waals surface area contributed by atoms with Gasteiger partial charge in [0.25, 0.3) is 0 Å². The zero-order valence-corrected chi connectivity index (χ0v) is 13.3. The Morgan fingerprint density at radius 3 is 2.86 bits per heavy atom. The van der Waals surface area contributed by atoms with Crippen molar-refractivity contribution in [1.82, 2.24) is 0 Å². The minimum atomic E-state index is -0.186. The van der Waals surface area contributed by atoms with Gasteiger partial charge in [0.05, 0.1) is 0 Å². The first kappa shape index (κ1) is 14.2. The number of Topliss-reactive ketones (excluding diaryl/α,β-unsaturated/α-hetero) is 2. The molecular weight excluding hydrogens is 272 g/mol. The molecule has 3 saturated carbocycles. The van der Waals surface area contributed by atoms with Crippen molar-refractivity contribution in [2.75, 3.05) is 0 Å². The molecule has 3 fully saturated rings. The molecule has 0 aromatic heterocycles. The van der Waals surface area contributed by atoms with Crippen LogP contribution in [-0.4, -0.2) is 11.6 Å². The average Bonchev–Trinajstić information content (AvgIpc) is 2.81. The predicted molar refractivity (Wildman–Crippen MR) is 84.8 cm³/mol. The number of hydrogen-bond donors (Lipinski definition) is 0. The Hall–Kier alpha value is -1.36. The molecule has 22 heavy (non-hydrogen) atoms. The summed E-state index contributed by atoms with van der Waals surface area (Å²) in [5.74, 6) is 6.12. The monoisotopic (exact) mass is 296 g/mol. The summed E-state index contributed by atoms with van der Waals surface area (Å²) in [6.45, 7) is 2.16. The highest BCUT2D eigenvalue weighted by Gasteiger charge is 2.58. The van der Waals surface area contributed by atoms with Gasteiger partial charge in [-0.2, -0.15) is 0 Å². The molecule has 0 bridgehead atoms. The van der Waals surface area contributed by atoms with Gasteiger partial charge in [-0.3, -0.25) is 9.59 Å². The number of ketones is 2. The van der Waals surface area contributed by atoms with Crippen molar-refractivity contribution in [2.45, 2.75) is 51.9 Å². The van der Waals surface area contributed by atoms with E-state index in [1.165, 1.54) is 5.57 Å². The van der Waals surface area contributed by atoms with Crippen LogP contribution in [0.3, 0.4) is 0 Å². The molecule has 0 radical (unpaired) electrons. The zero-order chi connectivity index (χ0) is 15.5. The lowest BCUT2D eigenvalue weighted by molar-refractivity contribution is -0.132. The second-order valence-electron chi connectivity index (χ2n) is 8.08. The minimum Gasteiger partial charge on any atom is -0.299 e. The molecule has 0 N–H and O–H groups in total. The molecule has 0 unspecified atom stereocenters. The summed E-state index contributed by atoms with van der Waals surface area (Å²) in [6.07, 6.45) is 14.2. The maximum Gasteiger partial charge on any atom is 0.139 e. The summed E-state index contributed by atoms with van der Waals surface area (Å²) in [4.78, 5) is 24.2. The van der Waals surface area contributed by atoms with E-state index >= 15 is 0 Å². The van der Waals surface area contributed by atoms with Crippen molar-refractivity contribution in [3.8, 4) is 12.3 Å². The van der Waals surface area contributed by atoms with Gasteiger partial charge in [0.1, 0.15) is 11.6 Å². The second-order valence-corrected chi connectivity index (χ2v) is 8.08. The number of allylic oxidation sites excluding steroid dienone is 2. The van der Waals surface area contributed by atoms with Gasteiger partial charge in [0.15, 0.2) is 0 Å². The molecular formula is C20H24O2. The van der Waals surface area contributed by atoms with E-state index in [4.69, 9.17) is 6.42 Å².